The number of aromatic nitrogens is 2. The minimum Gasteiger partial charge on any atom is -0.355 e. The van der Waals surface area contributed by atoms with E-state index in [2.05, 4.69) is 51.5 Å². The summed E-state index contributed by atoms with van der Waals surface area (Å²) in [6.07, 6.45) is 4.08. The topological polar surface area (TPSA) is 78.1 Å². The number of amides is 1. The predicted molar refractivity (Wildman–Crippen MR) is 129 cm³/mol. The van der Waals surface area contributed by atoms with Crippen LogP contribution >= 0.6 is 23.1 Å². The number of nitrogens with one attached hydrogen (secondary N) is 2. The van der Waals surface area contributed by atoms with Crippen LogP contribution in [0.2, 0.25) is 0 Å². The summed E-state index contributed by atoms with van der Waals surface area (Å²) in [5.74, 6) is 1.57. The number of hydrogen-bond donors (Lipinski definition) is 2. The van der Waals surface area contributed by atoms with Crippen LogP contribution in [0.5, 0.6) is 0 Å². The first-order chi connectivity index (χ1) is 15.1. The molecule has 0 bridgehead atoms. The number of aryl methyl sites for hydroxylation is 2. The van der Waals surface area contributed by atoms with Crippen LogP contribution in [0.4, 0.5) is 0 Å². The fourth-order valence-corrected chi connectivity index (χ4v) is 5.96. The minimum atomic E-state index is -0.0379. The van der Waals surface area contributed by atoms with Crippen LogP contribution in [0.1, 0.15) is 34.7 Å². The van der Waals surface area contributed by atoms with Crippen molar-refractivity contribution in [3.05, 3.63) is 62.5 Å². The van der Waals surface area contributed by atoms with Crippen molar-refractivity contribution in [3.63, 3.8) is 0 Å². The fraction of sp³-hybridized carbons (Fsp3) is 0.435. The number of carbonyl (C=O) groups excluding carboxylic acids is 1. The number of rotatable bonds is 10. The zero-order valence-electron chi connectivity index (χ0n) is 17.8. The second-order valence-electron chi connectivity index (χ2n) is 7.97. The summed E-state index contributed by atoms with van der Waals surface area (Å²) >= 11 is 3.13. The van der Waals surface area contributed by atoms with Gasteiger partial charge >= 0.3 is 0 Å². The third-order valence-electron chi connectivity index (χ3n) is 5.43. The van der Waals surface area contributed by atoms with Crippen LogP contribution in [-0.4, -0.2) is 46.7 Å². The maximum Gasteiger partial charge on any atom is 0.259 e. The highest BCUT2D eigenvalue weighted by Gasteiger charge is 2.21. The lowest BCUT2D eigenvalue weighted by molar-refractivity contribution is -0.118. The SMILES string of the molecule is CN(CCCNC(=O)CSCc1nc2sc3c(c2c(=O)[nH]1)CCC3)Cc1ccccc1. The number of H-pyrrole nitrogens is 1. The molecule has 8 heteroatoms. The number of nitrogens with zero attached hydrogens (tertiary/aromatic N) is 2. The van der Waals surface area contributed by atoms with Crippen molar-refractivity contribution in [2.45, 2.75) is 38.0 Å². The summed E-state index contributed by atoms with van der Waals surface area (Å²) < 4.78 is 0. The van der Waals surface area contributed by atoms with Crippen molar-refractivity contribution in [3.8, 4) is 0 Å². The molecule has 1 aliphatic rings. The molecule has 0 spiro atoms. The van der Waals surface area contributed by atoms with Gasteiger partial charge < -0.3 is 15.2 Å². The number of thioether (sulfide) groups is 1. The van der Waals surface area contributed by atoms with Gasteiger partial charge in [-0.25, -0.2) is 4.98 Å². The Morgan fingerprint density at radius 3 is 2.97 bits per heavy atom. The highest BCUT2D eigenvalue weighted by molar-refractivity contribution is 7.99. The lowest BCUT2D eigenvalue weighted by atomic mass is 10.2. The van der Waals surface area contributed by atoms with Gasteiger partial charge in [-0.15, -0.1) is 23.1 Å². The number of hydrogen-bond acceptors (Lipinski definition) is 6. The molecule has 1 aromatic carbocycles. The number of fused-ring (bicyclic) bond motifs is 3. The van der Waals surface area contributed by atoms with Gasteiger partial charge in [-0.1, -0.05) is 30.3 Å². The highest BCUT2D eigenvalue weighted by Crippen LogP contribution is 2.34. The Morgan fingerprint density at radius 2 is 2.13 bits per heavy atom. The van der Waals surface area contributed by atoms with E-state index in [1.807, 2.05) is 6.07 Å². The van der Waals surface area contributed by atoms with Gasteiger partial charge in [0, 0.05) is 18.0 Å². The third-order valence-corrected chi connectivity index (χ3v) is 7.56. The molecule has 164 valence electrons. The van der Waals surface area contributed by atoms with E-state index in [0.717, 1.165) is 49.0 Å². The normalized spacial score (nSPS) is 13.1. The quantitative estimate of drug-likeness (QED) is 0.458. The Morgan fingerprint density at radius 1 is 1.29 bits per heavy atom. The maximum absolute atomic E-state index is 12.5. The van der Waals surface area contributed by atoms with Crippen molar-refractivity contribution in [1.82, 2.24) is 20.2 Å². The lowest BCUT2D eigenvalue weighted by Gasteiger charge is -2.16. The standard InChI is InChI=1S/C23H28N4O2S2/c1-27(13-16-7-3-2-4-8-16)12-6-11-24-20(28)15-30-14-19-25-22(29)21-17-9-5-10-18(17)31-23(21)26-19/h2-4,7-8H,5-6,9-15H2,1H3,(H,24,28)(H,25,26,29). The van der Waals surface area contributed by atoms with Crippen LogP contribution < -0.4 is 10.9 Å². The van der Waals surface area contributed by atoms with E-state index in [4.69, 9.17) is 0 Å². The summed E-state index contributed by atoms with van der Waals surface area (Å²) in [6, 6.07) is 10.4. The van der Waals surface area contributed by atoms with Gasteiger partial charge in [-0.3, -0.25) is 9.59 Å². The van der Waals surface area contributed by atoms with Crippen LogP contribution in [0.3, 0.4) is 0 Å². The second kappa shape index (κ2) is 10.4. The van der Waals surface area contributed by atoms with Crippen LogP contribution in [0.15, 0.2) is 35.1 Å². The van der Waals surface area contributed by atoms with Crippen molar-refractivity contribution >= 4 is 39.2 Å². The van der Waals surface area contributed by atoms with Gasteiger partial charge in [0.1, 0.15) is 10.7 Å². The molecule has 0 aliphatic heterocycles. The average molecular weight is 457 g/mol. The minimum absolute atomic E-state index is 0.0224. The van der Waals surface area contributed by atoms with Crippen LogP contribution in [0, 0.1) is 0 Å². The first kappa shape index (κ1) is 22.0. The lowest BCUT2D eigenvalue weighted by Crippen LogP contribution is -2.29. The van der Waals surface area contributed by atoms with Gasteiger partial charge in [0.2, 0.25) is 5.91 Å². The van der Waals surface area contributed by atoms with Gasteiger partial charge in [0.15, 0.2) is 0 Å². The zero-order chi connectivity index (χ0) is 21.6. The van der Waals surface area contributed by atoms with Crippen LogP contribution in [-0.2, 0) is 29.9 Å². The summed E-state index contributed by atoms with van der Waals surface area (Å²) in [7, 11) is 2.09. The van der Waals surface area contributed by atoms with Gasteiger partial charge in [0.25, 0.3) is 5.56 Å². The Kier molecular flexibility index (Phi) is 7.42. The largest absolute Gasteiger partial charge is 0.355 e. The highest BCUT2D eigenvalue weighted by atomic mass is 32.2. The summed E-state index contributed by atoms with van der Waals surface area (Å²) in [6.45, 7) is 2.51. The van der Waals surface area contributed by atoms with Crippen molar-refractivity contribution < 1.29 is 4.79 Å². The molecule has 2 aromatic heterocycles. The molecule has 3 aromatic rings. The van der Waals surface area contributed by atoms with E-state index >= 15 is 0 Å². The zero-order valence-corrected chi connectivity index (χ0v) is 19.4. The molecule has 0 fully saturated rings. The molecule has 1 amide bonds. The molecule has 2 heterocycles. The van der Waals surface area contributed by atoms with Gasteiger partial charge in [-0.2, -0.15) is 0 Å². The predicted octanol–water partition coefficient (Wildman–Crippen LogP) is 3.34. The molecule has 1 aliphatic carbocycles. The molecule has 2 N–H and O–H groups in total. The first-order valence-corrected chi connectivity index (χ1v) is 12.7. The van der Waals surface area contributed by atoms with E-state index < -0.39 is 0 Å². The molecule has 0 unspecified atom stereocenters. The van der Waals surface area contributed by atoms with Gasteiger partial charge in [0.05, 0.1) is 16.9 Å². The Hall–Kier alpha value is -2.16. The molecular formula is C23H28N4O2S2. The number of thiophene rings is 1. The molecule has 31 heavy (non-hydrogen) atoms. The Bertz CT molecular complexity index is 1090. The van der Waals surface area contributed by atoms with E-state index in [0.29, 0.717) is 23.9 Å². The number of carbonyl (C=O) groups is 1. The maximum atomic E-state index is 12.5. The van der Waals surface area contributed by atoms with E-state index in [9.17, 15) is 9.59 Å². The molecule has 0 saturated heterocycles. The van der Waals surface area contributed by atoms with Gasteiger partial charge in [-0.05, 0) is 50.4 Å². The molecule has 0 saturated carbocycles. The summed E-state index contributed by atoms with van der Waals surface area (Å²) in [5.41, 5.74) is 2.45. The summed E-state index contributed by atoms with van der Waals surface area (Å²) in [5, 5.41) is 3.76. The van der Waals surface area contributed by atoms with Crippen LogP contribution in [0.25, 0.3) is 10.2 Å². The molecule has 6 nitrogen and oxygen atoms in total. The average Bonchev–Trinajstić information content (AvgIpc) is 3.33. The number of aromatic amines is 1. The van der Waals surface area contributed by atoms with E-state index in [1.54, 1.807) is 11.3 Å². The second-order valence-corrected chi connectivity index (χ2v) is 10.0. The third kappa shape index (κ3) is 5.75. The molecule has 0 radical (unpaired) electrons. The molecule has 0 atom stereocenters. The first-order valence-electron chi connectivity index (χ1n) is 10.7. The molecular weight excluding hydrogens is 428 g/mol. The van der Waals surface area contributed by atoms with E-state index in [1.165, 1.54) is 27.8 Å². The Labute approximate surface area is 190 Å². The van der Waals surface area contributed by atoms with E-state index in [-0.39, 0.29) is 11.5 Å². The summed E-state index contributed by atoms with van der Waals surface area (Å²) in [4.78, 5) is 36.5. The Balaban J connectivity index is 1.16. The smallest absolute Gasteiger partial charge is 0.259 e. The monoisotopic (exact) mass is 456 g/mol. The van der Waals surface area contributed by atoms with Crippen molar-refractivity contribution in [2.24, 2.45) is 0 Å². The fourth-order valence-electron chi connectivity index (χ4n) is 3.96. The number of benzene rings is 1. The molecule has 4 rings (SSSR count). The van der Waals surface area contributed by atoms with Crippen molar-refractivity contribution in [2.75, 3.05) is 25.9 Å². The van der Waals surface area contributed by atoms with Crippen molar-refractivity contribution in [1.29, 1.82) is 0 Å².